The SMILES string of the molecule is Cc1nccc2c1c(=O)n(C)c1cc(OC[C@@H](N)CC(C)C)c(I)cc21.Cc1nccc2c1c(=O)n(C)c1cc(OC[C@H](CC(C)C)NC(=O)OC(C)(C)C)c(I)cc21. The van der Waals surface area contributed by atoms with Crippen LogP contribution in [0.5, 0.6) is 11.5 Å². The van der Waals surface area contributed by atoms with Gasteiger partial charge >= 0.3 is 6.09 Å². The molecule has 2 atom stereocenters. The summed E-state index contributed by atoms with van der Waals surface area (Å²) in [4.78, 5) is 46.7. The molecule has 0 unspecified atom stereocenters. The van der Waals surface area contributed by atoms with Crippen molar-refractivity contribution in [1.82, 2.24) is 24.4 Å². The lowest BCUT2D eigenvalue weighted by atomic mass is 10.0. The molecule has 0 spiro atoms. The predicted molar refractivity (Wildman–Crippen MR) is 255 cm³/mol. The molecule has 0 saturated heterocycles. The van der Waals surface area contributed by atoms with E-state index in [0.717, 1.165) is 69.7 Å². The van der Waals surface area contributed by atoms with Crippen molar-refractivity contribution < 1.29 is 19.0 Å². The van der Waals surface area contributed by atoms with E-state index in [1.54, 1.807) is 35.6 Å². The van der Waals surface area contributed by atoms with Crippen LogP contribution in [0.15, 0.2) is 58.4 Å². The predicted octanol–water partition coefficient (Wildman–Crippen LogP) is 9.07. The molecule has 2 aromatic carbocycles. The molecule has 4 heterocycles. The molecule has 316 valence electrons. The number of aryl methyl sites for hydroxylation is 4. The first-order chi connectivity index (χ1) is 27.7. The maximum absolute atomic E-state index is 13.0. The third-order valence-electron chi connectivity index (χ3n) is 9.87. The number of nitrogens with one attached hydrogen (secondary N) is 1. The normalized spacial score (nSPS) is 12.9. The second-order valence-electron chi connectivity index (χ2n) is 17.0. The fourth-order valence-corrected chi connectivity index (χ4v) is 8.49. The molecule has 6 rings (SSSR count). The smallest absolute Gasteiger partial charge is 0.407 e. The van der Waals surface area contributed by atoms with Crippen LogP contribution in [-0.2, 0) is 18.8 Å². The number of aromatic nitrogens is 4. The number of nitrogens with zero attached hydrogens (tertiary/aromatic N) is 4. The summed E-state index contributed by atoms with van der Waals surface area (Å²) in [6, 6.07) is 11.5. The second-order valence-corrected chi connectivity index (χ2v) is 19.3. The molecule has 0 bridgehead atoms. The van der Waals surface area contributed by atoms with E-state index >= 15 is 0 Å². The van der Waals surface area contributed by atoms with Gasteiger partial charge in [-0.15, -0.1) is 0 Å². The Kier molecular flexibility index (Phi) is 14.9. The minimum atomic E-state index is -0.567. The van der Waals surface area contributed by atoms with Gasteiger partial charge in [-0.25, -0.2) is 4.79 Å². The number of nitrogens with two attached hydrogens (primary N) is 1. The van der Waals surface area contributed by atoms with Crippen LogP contribution in [0, 0.1) is 32.8 Å². The molecule has 0 aliphatic rings. The highest BCUT2D eigenvalue weighted by Gasteiger charge is 2.22. The topological polar surface area (TPSA) is 153 Å². The van der Waals surface area contributed by atoms with E-state index in [4.69, 9.17) is 19.9 Å². The van der Waals surface area contributed by atoms with E-state index in [2.05, 4.69) is 94.2 Å². The Morgan fingerprint density at radius 1 is 0.746 bits per heavy atom. The lowest BCUT2D eigenvalue weighted by Crippen LogP contribution is -2.42. The molecule has 0 fully saturated rings. The minimum Gasteiger partial charge on any atom is -0.491 e. The number of halogens is 2. The first kappa shape index (κ1) is 46.0. The molecule has 0 saturated carbocycles. The zero-order valence-corrected chi connectivity index (χ0v) is 40.1. The summed E-state index contributed by atoms with van der Waals surface area (Å²) in [5, 5.41) is 8.05. The van der Waals surface area contributed by atoms with Gasteiger partial charge in [0.05, 0.1) is 46.4 Å². The number of amides is 1. The van der Waals surface area contributed by atoms with Crippen molar-refractivity contribution in [3.05, 3.63) is 88.0 Å². The van der Waals surface area contributed by atoms with Gasteiger partial charge < -0.3 is 34.4 Å². The Morgan fingerprint density at radius 3 is 1.61 bits per heavy atom. The van der Waals surface area contributed by atoms with Crippen LogP contribution in [0.4, 0.5) is 4.79 Å². The quantitative estimate of drug-likeness (QED) is 0.0957. The van der Waals surface area contributed by atoms with Gasteiger partial charge in [0.1, 0.15) is 30.3 Å². The number of carbonyl (C=O) groups is 1. The van der Waals surface area contributed by atoms with Crippen molar-refractivity contribution in [1.29, 1.82) is 0 Å². The van der Waals surface area contributed by atoms with Gasteiger partial charge in [-0.3, -0.25) is 19.6 Å². The summed E-state index contributed by atoms with van der Waals surface area (Å²) in [6.07, 6.45) is 4.69. The van der Waals surface area contributed by atoms with Crippen molar-refractivity contribution in [2.24, 2.45) is 31.7 Å². The molecule has 12 nitrogen and oxygen atoms in total. The standard InChI is InChI=1S/C25H32IN3O4.C20H24IN3O2/c1-14(2)10-16(28-24(31)33-25(4,5)6)13-32-21-12-20-18(11-19(21)26)17-8-9-27-15(3)22(17)23(30)29(20)7;1-11(2)7-13(22)10-26-18-9-17-15(8-16(18)21)14-5-6-23-12(3)19(14)20(25)24(17)4/h8-9,11-12,14,16H,10,13H2,1-7H3,(H,28,31);5-6,8-9,11,13H,7,10,22H2,1-4H3/t16-;13-/m00/s1. The van der Waals surface area contributed by atoms with E-state index in [1.165, 1.54) is 0 Å². The fourth-order valence-electron chi connectivity index (χ4n) is 7.24. The van der Waals surface area contributed by atoms with E-state index in [9.17, 15) is 14.4 Å². The number of benzene rings is 2. The van der Waals surface area contributed by atoms with Crippen molar-refractivity contribution in [2.75, 3.05) is 13.2 Å². The average molecular weight is 1030 g/mol. The van der Waals surface area contributed by atoms with E-state index in [0.29, 0.717) is 41.6 Å². The van der Waals surface area contributed by atoms with Crippen LogP contribution in [0.3, 0.4) is 0 Å². The van der Waals surface area contributed by atoms with Crippen molar-refractivity contribution >= 4 is 94.6 Å². The van der Waals surface area contributed by atoms with Gasteiger partial charge in [0.25, 0.3) is 11.1 Å². The molecule has 0 aliphatic heterocycles. The molecule has 4 aromatic heterocycles. The van der Waals surface area contributed by atoms with Gasteiger partial charge in [0, 0.05) is 55.4 Å². The van der Waals surface area contributed by atoms with Gasteiger partial charge in [-0.2, -0.15) is 0 Å². The van der Waals surface area contributed by atoms with Crippen LogP contribution in [0.2, 0.25) is 0 Å². The number of ether oxygens (including phenoxy) is 3. The van der Waals surface area contributed by atoms with Crippen molar-refractivity contribution in [2.45, 2.75) is 92.8 Å². The Morgan fingerprint density at radius 2 is 1.19 bits per heavy atom. The summed E-state index contributed by atoms with van der Waals surface area (Å²) >= 11 is 4.52. The molecule has 3 N–H and O–H groups in total. The highest BCUT2D eigenvalue weighted by Crippen LogP contribution is 2.33. The molecule has 0 aliphatic carbocycles. The van der Waals surface area contributed by atoms with Crippen molar-refractivity contribution in [3.63, 3.8) is 0 Å². The first-order valence-electron chi connectivity index (χ1n) is 19.8. The van der Waals surface area contributed by atoms with Crippen LogP contribution in [0.25, 0.3) is 43.4 Å². The van der Waals surface area contributed by atoms with Gasteiger partial charge in [0.2, 0.25) is 0 Å². The molecule has 0 radical (unpaired) electrons. The lowest BCUT2D eigenvalue weighted by Gasteiger charge is -2.25. The zero-order chi connectivity index (χ0) is 43.5. The number of rotatable bonds is 11. The average Bonchev–Trinajstić information content (AvgIpc) is 3.13. The number of hydrogen-bond donors (Lipinski definition) is 2. The molecule has 1 amide bonds. The second kappa shape index (κ2) is 19.1. The molecule has 14 heteroatoms. The third-order valence-corrected chi connectivity index (χ3v) is 11.6. The largest absolute Gasteiger partial charge is 0.491 e. The Labute approximate surface area is 372 Å². The van der Waals surface area contributed by atoms with E-state index < -0.39 is 11.7 Å². The number of fused-ring (bicyclic) bond motifs is 6. The summed E-state index contributed by atoms with van der Waals surface area (Å²) in [6.45, 7) is 18.5. The highest BCUT2D eigenvalue weighted by molar-refractivity contribution is 14.1. The van der Waals surface area contributed by atoms with E-state index in [-0.39, 0.29) is 23.2 Å². The fraction of sp³-hybridized carbons (Fsp3) is 0.444. The van der Waals surface area contributed by atoms with Crippen LogP contribution in [-0.4, -0.2) is 56.1 Å². The first-order valence-corrected chi connectivity index (χ1v) is 22.0. The van der Waals surface area contributed by atoms with Gasteiger partial charge in [-0.05, 0) is 140 Å². The number of hydrogen-bond acceptors (Lipinski definition) is 9. The minimum absolute atomic E-state index is 0.00403. The maximum atomic E-state index is 13.0. The van der Waals surface area contributed by atoms with Crippen molar-refractivity contribution in [3.8, 4) is 11.5 Å². The third kappa shape index (κ3) is 11.0. The van der Waals surface area contributed by atoms with E-state index in [1.807, 2.05) is 65.0 Å². The monoisotopic (exact) mass is 1030 g/mol. The Bertz CT molecular complexity index is 2630. The summed E-state index contributed by atoms with van der Waals surface area (Å²) in [7, 11) is 3.55. The summed E-state index contributed by atoms with van der Waals surface area (Å²) in [5.41, 5.74) is 8.55. The summed E-state index contributed by atoms with van der Waals surface area (Å²) < 4.78 is 22.8. The number of carbonyl (C=O) groups excluding carboxylic acids is 1. The van der Waals surface area contributed by atoms with Crippen LogP contribution in [0.1, 0.15) is 72.7 Å². The summed E-state index contributed by atoms with van der Waals surface area (Å²) in [5.74, 6) is 2.34. The lowest BCUT2D eigenvalue weighted by molar-refractivity contribution is 0.0480. The molecule has 59 heavy (non-hydrogen) atoms. The number of pyridine rings is 4. The van der Waals surface area contributed by atoms with Gasteiger partial charge in [-0.1, -0.05) is 27.7 Å². The number of alkyl carbamates (subject to hydrolysis) is 1. The molecular weight excluding hydrogens is 974 g/mol. The van der Waals surface area contributed by atoms with Crippen LogP contribution >= 0.6 is 45.2 Å². The molecular formula is C45H56I2N6O6. The Hall–Kier alpha value is -4.03. The highest BCUT2D eigenvalue weighted by atomic mass is 127. The Balaban J connectivity index is 0.000000230. The van der Waals surface area contributed by atoms with Crippen LogP contribution < -0.4 is 31.6 Å². The maximum Gasteiger partial charge on any atom is 0.407 e. The van der Waals surface area contributed by atoms with Gasteiger partial charge in [0.15, 0.2) is 0 Å². The molecule has 6 aromatic rings. The zero-order valence-electron chi connectivity index (χ0n) is 35.8.